The third kappa shape index (κ3) is 3.95. The zero-order chi connectivity index (χ0) is 18.2. The minimum Gasteiger partial charge on any atom is -0.408 e. The Kier molecular flexibility index (Phi) is 5.01. The van der Waals surface area contributed by atoms with Gasteiger partial charge in [0.05, 0.1) is 22.6 Å². The average Bonchev–Trinajstić information content (AvgIpc) is 2.80. The van der Waals surface area contributed by atoms with Crippen LogP contribution in [0.5, 0.6) is 0 Å². The molecule has 0 bridgehead atoms. The molecule has 2 atom stereocenters. The van der Waals surface area contributed by atoms with Crippen molar-refractivity contribution in [3.63, 3.8) is 0 Å². The molecular weight excluding hydrogens is 346 g/mol. The summed E-state index contributed by atoms with van der Waals surface area (Å²) in [6.45, 7) is 6.50. The molecule has 25 heavy (non-hydrogen) atoms. The highest BCUT2D eigenvalue weighted by molar-refractivity contribution is 7.89. The summed E-state index contributed by atoms with van der Waals surface area (Å²) in [4.78, 5) is 13.8. The van der Waals surface area contributed by atoms with Crippen LogP contribution in [0.4, 0.5) is 0 Å². The van der Waals surface area contributed by atoms with E-state index >= 15 is 0 Å². The van der Waals surface area contributed by atoms with Gasteiger partial charge in [0.1, 0.15) is 0 Å². The number of hydrogen-bond donors (Lipinski definition) is 1. The lowest BCUT2D eigenvalue weighted by atomic mass is 10.2. The fraction of sp³-hybridized carbons (Fsp3) is 0.562. The zero-order valence-corrected chi connectivity index (χ0v) is 15.4. The number of aromatic nitrogens is 1. The van der Waals surface area contributed by atoms with E-state index in [2.05, 4.69) is 9.62 Å². The number of sulfonamides is 1. The largest absolute Gasteiger partial charge is 0.419 e. The van der Waals surface area contributed by atoms with Crippen molar-refractivity contribution in [2.75, 3.05) is 26.2 Å². The number of aryl methyl sites for hydroxylation is 1. The highest BCUT2D eigenvalue weighted by Gasteiger charge is 2.22. The van der Waals surface area contributed by atoms with Crippen LogP contribution in [0.15, 0.2) is 32.3 Å². The third-order valence-electron chi connectivity index (χ3n) is 4.29. The molecule has 1 saturated heterocycles. The van der Waals surface area contributed by atoms with Gasteiger partial charge in [0, 0.05) is 39.3 Å². The van der Waals surface area contributed by atoms with Crippen LogP contribution in [0, 0.1) is 0 Å². The summed E-state index contributed by atoms with van der Waals surface area (Å²) in [7, 11) is -2.09. The van der Waals surface area contributed by atoms with Crippen molar-refractivity contribution in [1.82, 2.24) is 14.2 Å². The lowest BCUT2D eigenvalue weighted by molar-refractivity contribution is -0.0671. The summed E-state index contributed by atoms with van der Waals surface area (Å²) < 4.78 is 39.6. The van der Waals surface area contributed by atoms with Gasteiger partial charge in [-0.05, 0) is 26.0 Å². The Balaban J connectivity index is 1.66. The molecule has 0 aliphatic carbocycles. The van der Waals surface area contributed by atoms with Crippen molar-refractivity contribution < 1.29 is 17.6 Å². The van der Waals surface area contributed by atoms with Crippen LogP contribution >= 0.6 is 0 Å². The number of hydrogen-bond acceptors (Lipinski definition) is 6. The average molecular weight is 369 g/mol. The minimum atomic E-state index is -3.66. The standard InChI is InChI=1S/C16H23N3O5S/c1-11-9-19(10-12(2)23-11)7-6-17-25(21,22)13-4-5-14-15(8-13)24-16(20)18(14)3/h4-5,8,11-12,17H,6-7,9-10H2,1-3H3. The zero-order valence-electron chi connectivity index (χ0n) is 14.6. The van der Waals surface area contributed by atoms with Crippen LogP contribution in [0.1, 0.15) is 13.8 Å². The first kappa shape index (κ1) is 18.1. The quantitative estimate of drug-likeness (QED) is 0.826. The molecule has 0 spiro atoms. The molecular formula is C16H23N3O5S. The molecule has 0 amide bonds. The number of fused-ring (bicyclic) bond motifs is 1. The van der Waals surface area contributed by atoms with Crippen molar-refractivity contribution in [1.29, 1.82) is 0 Å². The maximum absolute atomic E-state index is 12.5. The summed E-state index contributed by atoms with van der Waals surface area (Å²) >= 11 is 0. The number of nitrogens with zero attached hydrogens (tertiary/aromatic N) is 2. The van der Waals surface area contributed by atoms with Crippen LogP contribution in [0.2, 0.25) is 0 Å². The first-order chi connectivity index (χ1) is 11.8. The van der Waals surface area contributed by atoms with Crippen LogP contribution < -0.4 is 10.5 Å². The molecule has 1 aromatic carbocycles. The Labute approximate surface area is 146 Å². The van der Waals surface area contributed by atoms with Crippen LogP contribution in [0.3, 0.4) is 0 Å². The molecule has 0 radical (unpaired) electrons. The van der Waals surface area contributed by atoms with E-state index in [1.165, 1.54) is 16.7 Å². The maximum Gasteiger partial charge on any atom is 0.419 e. The Morgan fingerprint density at radius 3 is 2.60 bits per heavy atom. The highest BCUT2D eigenvalue weighted by atomic mass is 32.2. The van der Waals surface area contributed by atoms with Gasteiger partial charge >= 0.3 is 5.76 Å². The van der Waals surface area contributed by atoms with Gasteiger partial charge in [0.25, 0.3) is 0 Å². The van der Waals surface area contributed by atoms with Crippen molar-refractivity contribution >= 4 is 21.1 Å². The second-order valence-corrected chi connectivity index (χ2v) is 8.24. The van der Waals surface area contributed by atoms with E-state index in [-0.39, 0.29) is 22.7 Å². The molecule has 1 fully saturated rings. The van der Waals surface area contributed by atoms with Gasteiger partial charge in [-0.15, -0.1) is 0 Å². The van der Waals surface area contributed by atoms with Gasteiger partial charge in [-0.2, -0.15) is 0 Å². The Bertz CT molecular complexity index is 907. The molecule has 2 aromatic rings. The maximum atomic E-state index is 12.5. The molecule has 0 saturated carbocycles. The monoisotopic (exact) mass is 369 g/mol. The van der Waals surface area contributed by atoms with E-state index < -0.39 is 15.8 Å². The van der Waals surface area contributed by atoms with E-state index in [0.29, 0.717) is 18.6 Å². The van der Waals surface area contributed by atoms with E-state index in [4.69, 9.17) is 9.15 Å². The number of oxazole rings is 1. The van der Waals surface area contributed by atoms with Gasteiger partial charge < -0.3 is 9.15 Å². The summed E-state index contributed by atoms with van der Waals surface area (Å²) in [6.07, 6.45) is 0.285. The fourth-order valence-corrected chi connectivity index (χ4v) is 4.21. The van der Waals surface area contributed by atoms with E-state index in [1.807, 2.05) is 13.8 Å². The smallest absolute Gasteiger partial charge is 0.408 e. The van der Waals surface area contributed by atoms with Crippen LogP contribution in [-0.2, 0) is 21.8 Å². The van der Waals surface area contributed by atoms with Crippen LogP contribution in [-0.4, -0.2) is 56.3 Å². The fourth-order valence-electron chi connectivity index (χ4n) is 3.17. The molecule has 8 nitrogen and oxygen atoms in total. The Morgan fingerprint density at radius 2 is 1.92 bits per heavy atom. The van der Waals surface area contributed by atoms with E-state index in [9.17, 15) is 13.2 Å². The molecule has 2 unspecified atom stereocenters. The summed E-state index contributed by atoms with van der Waals surface area (Å²) in [5, 5.41) is 0. The molecule has 3 rings (SSSR count). The normalized spacial score (nSPS) is 22.5. The van der Waals surface area contributed by atoms with Crippen LogP contribution in [0.25, 0.3) is 11.1 Å². The number of rotatable bonds is 5. The van der Waals surface area contributed by atoms with Gasteiger partial charge in [-0.3, -0.25) is 9.47 Å². The second kappa shape index (κ2) is 6.91. The topological polar surface area (TPSA) is 93.8 Å². The number of ether oxygens (including phenoxy) is 1. The predicted octanol–water partition coefficient (Wildman–Crippen LogP) is 0.519. The minimum absolute atomic E-state index is 0.0815. The molecule has 9 heteroatoms. The third-order valence-corrected chi connectivity index (χ3v) is 5.75. The lowest BCUT2D eigenvalue weighted by Gasteiger charge is -2.35. The molecule has 1 aromatic heterocycles. The van der Waals surface area contributed by atoms with Crippen molar-refractivity contribution in [2.45, 2.75) is 31.0 Å². The van der Waals surface area contributed by atoms with Gasteiger partial charge in [0.2, 0.25) is 10.0 Å². The molecule has 2 heterocycles. The molecule has 1 N–H and O–H groups in total. The Hall–Kier alpha value is -1.68. The first-order valence-corrected chi connectivity index (χ1v) is 9.71. The Morgan fingerprint density at radius 1 is 1.24 bits per heavy atom. The molecule has 138 valence electrons. The van der Waals surface area contributed by atoms with E-state index in [1.54, 1.807) is 13.1 Å². The molecule has 1 aliphatic heterocycles. The summed E-state index contributed by atoms with van der Waals surface area (Å²) in [5.74, 6) is -0.520. The predicted molar refractivity (Wildman–Crippen MR) is 93.1 cm³/mol. The van der Waals surface area contributed by atoms with Crippen molar-refractivity contribution in [3.05, 3.63) is 28.7 Å². The van der Waals surface area contributed by atoms with Gasteiger partial charge in [0.15, 0.2) is 5.58 Å². The second-order valence-electron chi connectivity index (χ2n) is 6.47. The van der Waals surface area contributed by atoms with Gasteiger partial charge in [-0.1, -0.05) is 0 Å². The number of morpholine rings is 1. The number of nitrogens with one attached hydrogen (secondary N) is 1. The SMILES string of the molecule is CC1CN(CCNS(=O)(=O)c2ccc3c(c2)oc(=O)n3C)CC(C)O1. The summed E-state index contributed by atoms with van der Waals surface area (Å²) in [5.41, 5.74) is 0.812. The van der Waals surface area contributed by atoms with E-state index in [0.717, 1.165) is 13.1 Å². The first-order valence-electron chi connectivity index (χ1n) is 8.23. The number of benzene rings is 1. The highest BCUT2D eigenvalue weighted by Crippen LogP contribution is 2.18. The summed E-state index contributed by atoms with van der Waals surface area (Å²) in [6, 6.07) is 4.41. The van der Waals surface area contributed by atoms with Crippen molar-refractivity contribution in [2.24, 2.45) is 7.05 Å². The lowest BCUT2D eigenvalue weighted by Crippen LogP contribution is -2.47. The molecule has 1 aliphatic rings. The van der Waals surface area contributed by atoms with Crippen molar-refractivity contribution in [3.8, 4) is 0 Å². The van der Waals surface area contributed by atoms with Gasteiger partial charge in [-0.25, -0.2) is 17.9 Å².